The van der Waals surface area contributed by atoms with Crippen molar-refractivity contribution in [2.45, 2.75) is 62.3 Å². The number of rotatable bonds is 0. The molecule has 0 N–H and O–H groups in total. The minimum absolute atomic E-state index is 0.0218. The van der Waals surface area contributed by atoms with Gasteiger partial charge in [-0.3, -0.25) is 0 Å². The molecule has 2 fully saturated rings. The molecule has 0 saturated carbocycles. The molecule has 2 aliphatic heterocycles. The molecule has 0 nitrogen and oxygen atoms in total. The van der Waals surface area contributed by atoms with E-state index in [9.17, 15) is 13.2 Å². The van der Waals surface area contributed by atoms with Gasteiger partial charge in [-0.15, -0.1) is 0 Å². The van der Waals surface area contributed by atoms with Crippen molar-refractivity contribution >= 4 is 7.28 Å². The van der Waals surface area contributed by atoms with Gasteiger partial charge in [-0.1, -0.05) is 37.9 Å². The van der Waals surface area contributed by atoms with Gasteiger partial charge in [0.15, 0.2) is 0 Å². The molecule has 2 saturated heterocycles. The Kier molecular flexibility index (Phi) is 2.17. The normalized spacial score (nSPS) is 43.1. The van der Waals surface area contributed by atoms with Crippen LogP contribution < -0.4 is 0 Å². The smallest absolute Gasteiger partial charge is 0.171 e. The van der Waals surface area contributed by atoms with Crippen LogP contribution >= 0.6 is 0 Å². The van der Waals surface area contributed by atoms with Gasteiger partial charge in [0.1, 0.15) is 7.28 Å². The van der Waals surface area contributed by atoms with E-state index >= 15 is 0 Å². The van der Waals surface area contributed by atoms with E-state index in [0.29, 0.717) is 20.1 Å². The summed E-state index contributed by atoms with van der Waals surface area (Å²) in [5, 5.41) is -1.34. The molecular weight excluding hydrogens is 188 g/mol. The van der Waals surface area contributed by atoms with Crippen molar-refractivity contribution in [2.75, 3.05) is 0 Å². The molecule has 0 aliphatic carbocycles. The van der Waals surface area contributed by atoms with Crippen molar-refractivity contribution in [3.63, 3.8) is 0 Å². The van der Waals surface area contributed by atoms with E-state index in [-0.39, 0.29) is 5.31 Å². The van der Waals surface area contributed by atoms with Crippen molar-refractivity contribution in [1.82, 2.24) is 0 Å². The second-order valence-corrected chi connectivity index (χ2v) is 5.47. The molecule has 2 rings (SSSR count). The van der Waals surface area contributed by atoms with Crippen LogP contribution in [0.1, 0.15) is 45.4 Å². The van der Waals surface area contributed by atoms with E-state index in [1.54, 1.807) is 0 Å². The lowest BCUT2D eigenvalue weighted by Crippen LogP contribution is -2.46. The summed E-state index contributed by atoms with van der Waals surface area (Å²) in [5.41, 5.74) is 0. The maximum absolute atomic E-state index is 13.0. The van der Waals surface area contributed by atoms with Crippen LogP contribution in [-0.2, 0) is 0 Å². The Morgan fingerprint density at radius 1 is 1.00 bits per heavy atom. The number of halogens is 3. The molecule has 0 aromatic heterocycles. The van der Waals surface area contributed by atoms with Crippen molar-refractivity contribution in [3.8, 4) is 0 Å². The third kappa shape index (κ3) is 1.47. The van der Waals surface area contributed by atoms with Crippen LogP contribution in [0.2, 0.25) is 10.6 Å². The number of hydrogen-bond donors (Lipinski definition) is 0. The molecule has 4 heteroatoms. The lowest BCUT2D eigenvalue weighted by atomic mass is 9.29. The van der Waals surface area contributed by atoms with E-state index in [1.807, 2.05) is 6.92 Å². The summed E-state index contributed by atoms with van der Waals surface area (Å²) in [4.78, 5) is 0. The predicted octanol–water partition coefficient (Wildman–Crippen LogP) is 3.69. The zero-order chi connectivity index (χ0) is 10.4. The van der Waals surface area contributed by atoms with E-state index in [0.717, 1.165) is 25.7 Å². The van der Waals surface area contributed by atoms with Crippen LogP contribution in [0.4, 0.5) is 13.2 Å². The first-order valence-electron chi connectivity index (χ1n) is 5.44. The van der Waals surface area contributed by atoms with Crippen LogP contribution in [0.25, 0.3) is 0 Å². The van der Waals surface area contributed by atoms with Crippen LogP contribution in [0.5, 0.6) is 0 Å². The van der Waals surface area contributed by atoms with Crippen molar-refractivity contribution in [2.24, 2.45) is 0 Å². The zero-order valence-electron chi connectivity index (χ0n) is 8.58. The zero-order valence-corrected chi connectivity index (χ0v) is 8.58. The summed E-state index contributed by atoms with van der Waals surface area (Å²) in [6.45, 7) is 2.03. The number of fused-ring (bicyclic) bond motifs is 2. The Morgan fingerprint density at radius 3 is 1.86 bits per heavy atom. The molecule has 14 heavy (non-hydrogen) atoms. The topological polar surface area (TPSA) is 0 Å². The monoisotopic (exact) mass is 204 g/mol. The summed E-state index contributed by atoms with van der Waals surface area (Å²) in [6.07, 6.45) is 0.259. The van der Waals surface area contributed by atoms with Gasteiger partial charge < -0.3 is 0 Å². The molecule has 80 valence electrons. The third-order valence-corrected chi connectivity index (χ3v) is 4.24. The standard InChI is InChI=1S/C10H16BF3/c1-8-4-2-6-9(11-8,7-3-5-8)10(12,13)14/h11H,2-7H2,1H3. The van der Waals surface area contributed by atoms with Gasteiger partial charge in [-0.25, -0.2) is 0 Å². The predicted molar refractivity (Wildman–Crippen MR) is 52.0 cm³/mol. The van der Waals surface area contributed by atoms with E-state index < -0.39 is 11.5 Å². The highest BCUT2D eigenvalue weighted by molar-refractivity contribution is 6.45. The summed E-state index contributed by atoms with van der Waals surface area (Å²) in [5.74, 6) is 0. The van der Waals surface area contributed by atoms with E-state index in [2.05, 4.69) is 0 Å². The largest absolute Gasteiger partial charge is 0.387 e. The Balaban J connectivity index is 2.27. The summed E-state index contributed by atoms with van der Waals surface area (Å²) in [6, 6.07) is 0. The second-order valence-electron chi connectivity index (χ2n) is 5.47. The number of alkyl halides is 3. The van der Waals surface area contributed by atoms with Crippen molar-refractivity contribution in [3.05, 3.63) is 0 Å². The molecular formula is C10H16BF3. The fourth-order valence-electron chi connectivity index (χ4n) is 3.51. The van der Waals surface area contributed by atoms with Gasteiger partial charge in [0.2, 0.25) is 0 Å². The molecule has 2 aliphatic rings. The minimum atomic E-state index is -3.98. The fraction of sp³-hybridized carbons (Fsp3) is 1.00. The summed E-state index contributed by atoms with van der Waals surface area (Å²) < 4.78 is 38.9. The summed E-state index contributed by atoms with van der Waals surface area (Å²) >= 11 is 0. The Bertz CT molecular complexity index is 224. The Hall–Kier alpha value is -0.145. The maximum atomic E-state index is 13.0. The van der Waals surface area contributed by atoms with Gasteiger partial charge in [-0.05, 0) is 12.8 Å². The molecule has 0 amide bonds. The second kappa shape index (κ2) is 2.92. The van der Waals surface area contributed by atoms with Gasteiger partial charge in [0.05, 0.1) is 0 Å². The Morgan fingerprint density at radius 2 is 1.50 bits per heavy atom. The van der Waals surface area contributed by atoms with Gasteiger partial charge in [-0.2, -0.15) is 13.2 Å². The van der Waals surface area contributed by atoms with Gasteiger partial charge in [0.25, 0.3) is 0 Å². The first-order valence-corrected chi connectivity index (χ1v) is 5.44. The Labute approximate surface area is 83.5 Å². The highest BCUT2D eigenvalue weighted by atomic mass is 19.4. The SMILES string of the molecule is CC12BC(C(F)(F)F)(CCC1)CCC2. The lowest BCUT2D eigenvalue weighted by Gasteiger charge is -2.50. The molecule has 2 heterocycles. The van der Waals surface area contributed by atoms with Crippen molar-refractivity contribution in [1.29, 1.82) is 0 Å². The first kappa shape index (κ1) is 10.4. The fourth-order valence-corrected chi connectivity index (χ4v) is 3.51. The molecule has 0 aromatic carbocycles. The van der Waals surface area contributed by atoms with Gasteiger partial charge >= 0.3 is 6.18 Å². The maximum Gasteiger partial charge on any atom is 0.387 e. The number of hydrogen-bond acceptors (Lipinski definition) is 0. The molecule has 0 unspecified atom stereocenters. The average Bonchev–Trinajstić information content (AvgIpc) is 2.00. The molecule has 0 aromatic rings. The molecule has 0 radical (unpaired) electrons. The molecule has 2 bridgehead atoms. The third-order valence-electron chi connectivity index (χ3n) is 4.24. The molecule has 0 spiro atoms. The minimum Gasteiger partial charge on any atom is -0.171 e. The average molecular weight is 204 g/mol. The van der Waals surface area contributed by atoms with Crippen LogP contribution in [0.15, 0.2) is 0 Å². The molecule has 0 atom stereocenters. The first-order chi connectivity index (χ1) is 6.37. The van der Waals surface area contributed by atoms with E-state index in [4.69, 9.17) is 0 Å². The van der Waals surface area contributed by atoms with E-state index in [1.165, 1.54) is 0 Å². The van der Waals surface area contributed by atoms with Crippen LogP contribution in [-0.4, -0.2) is 13.5 Å². The summed E-state index contributed by atoms with van der Waals surface area (Å²) in [7, 11) is 0.378. The van der Waals surface area contributed by atoms with Crippen LogP contribution in [0, 0.1) is 0 Å². The van der Waals surface area contributed by atoms with Crippen LogP contribution in [0.3, 0.4) is 0 Å². The van der Waals surface area contributed by atoms with Crippen molar-refractivity contribution < 1.29 is 13.2 Å². The quantitative estimate of drug-likeness (QED) is 0.528. The highest BCUT2D eigenvalue weighted by Crippen LogP contribution is 2.64. The lowest BCUT2D eigenvalue weighted by molar-refractivity contribution is -0.175. The van der Waals surface area contributed by atoms with Gasteiger partial charge in [0, 0.05) is 5.31 Å². The highest BCUT2D eigenvalue weighted by Gasteiger charge is 2.60.